The zero-order chi connectivity index (χ0) is 15.2. The van der Waals surface area contributed by atoms with E-state index in [0.29, 0.717) is 17.3 Å². The normalized spacial score (nSPS) is 10.4. The number of carbonyl (C=O) groups is 1. The van der Waals surface area contributed by atoms with Crippen LogP contribution in [-0.4, -0.2) is 17.4 Å². The van der Waals surface area contributed by atoms with Crippen molar-refractivity contribution in [2.75, 3.05) is 6.54 Å². The van der Waals surface area contributed by atoms with Crippen molar-refractivity contribution in [1.29, 1.82) is 0 Å². The summed E-state index contributed by atoms with van der Waals surface area (Å²) in [6.45, 7) is 2.62. The van der Waals surface area contributed by atoms with Gasteiger partial charge in [0, 0.05) is 17.3 Å². The molecule has 1 aromatic carbocycles. The quantitative estimate of drug-likeness (QED) is 0.833. The first-order valence-electron chi connectivity index (χ1n) is 6.89. The second-order valence-electron chi connectivity index (χ2n) is 4.73. The number of rotatable bonds is 5. The summed E-state index contributed by atoms with van der Waals surface area (Å²) in [5, 5.41) is 3.36. The lowest BCUT2D eigenvalue weighted by atomic mass is 10.1. The molecule has 0 unspecified atom stereocenters. The first kappa shape index (κ1) is 15.3. The molecule has 2 N–H and O–H groups in total. The molecule has 2 aromatic rings. The molecule has 0 aliphatic heterocycles. The van der Waals surface area contributed by atoms with Crippen LogP contribution in [0.2, 0.25) is 5.02 Å². The van der Waals surface area contributed by atoms with Gasteiger partial charge < -0.3 is 10.3 Å². The lowest BCUT2D eigenvalue weighted by Crippen LogP contribution is -2.30. The summed E-state index contributed by atoms with van der Waals surface area (Å²) in [6.07, 6.45) is 1.89. The number of benzene rings is 1. The van der Waals surface area contributed by atoms with Crippen LogP contribution >= 0.6 is 11.6 Å². The monoisotopic (exact) mass is 304 g/mol. The molecule has 1 heterocycles. The molecular weight excluding hydrogens is 288 g/mol. The lowest BCUT2D eigenvalue weighted by Gasteiger charge is -2.06. The van der Waals surface area contributed by atoms with Crippen molar-refractivity contribution < 1.29 is 4.79 Å². The maximum absolute atomic E-state index is 12.0. The number of carbonyl (C=O) groups excluding carboxylic acids is 1. The van der Waals surface area contributed by atoms with E-state index in [1.807, 2.05) is 19.1 Å². The molecule has 1 amide bonds. The molecule has 0 radical (unpaired) electrons. The first-order valence-corrected chi connectivity index (χ1v) is 7.27. The Labute approximate surface area is 128 Å². The molecule has 110 valence electrons. The molecule has 2 rings (SSSR count). The Balaban J connectivity index is 2.19. The largest absolute Gasteiger partial charge is 0.352 e. The summed E-state index contributed by atoms with van der Waals surface area (Å²) in [7, 11) is 0. The molecule has 5 heteroatoms. The maximum atomic E-state index is 12.0. The Morgan fingerprint density at radius 3 is 2.52 bits per heavy atom. The van der Waals surface area contributed by atoms with E-state index in [1.54, 1.807) is 24.3 Å². The first-order chi connectivity index (χ1) is 10.1. The van der Waals surface area contributed by atoms with Gasteiger partial charge >= 0.3 is 0 Å². The summed E-state index contributed by atoms with van der Waals surface area (Å²) in [5.41, 5.74) is 1.23. The standard InChI is InChI=1S/C16H17ClN2O2/c1-2-3-10-18-15(20)13-8-9-14(19-16(13)21)11-4-6-12(17)7-5-11/h4-9H,2-3,10H2,1H3,(H,18,20)(H,19,21). The minimum atomic E-state index is -0.392. The highest BCUT2D eigenvalue weighted by atomic mass is 35.5. The van der Waals surface area contributed by atoms with Crippen LogP contribution in [0.4, 0.5) is 0 Å². The van der Waals surface area contributed by atoms with Gasteiger partial charge in [-0.25, -0.2) is 0 Å². The number of pyridine rings is 1. The predicted octanol–water partition coefficient (Wildman–Crippen LogP) is 3.23. The third kappa shape index (κ3) is 3.95. The fourth-order valence-corrected chi connectivity index (χ4v) is 2.05. The van der Waals surface area contributed by atoms with Gasteiger partial charge in [0.2, 0.25) is 0 Å². The third-order valence-corrected chi connectivity index (χ3v) is 3.38. The van der Waals surface area contributed by atoms with Gasteiger partial charge in [-0.15, -0.1) is 0 Å². The minimum absolute atomic E-state index is 0.129. The summed E-state index contributed by atoms with van der Waals surface area (Å²) in [4.78, 5) is 26.6. The van der Waals surface area contributed by atoms with Crippen molar-refractivity contribution in [2.45, 2.75) is 19.8 Å². The number of hydrogen-bond acceptors (Lipinski definition) is 2. The summed E-state index contributed by atoms with van der Waals surface area (Å²) >= 11 is 5.83. The highest BCUT2D eigenvalue weighted by Crippen LogP contribution is 2.18. The number of unbranched alkanes of at least 4 members (excludes halogenated alkanes) is 1. The zero-order valence-electron chi connectivity index (χ0n) is 11.8. The van der Waals surface area contributed by atoms with Gasteiger partial charge in [0.1, 0.15) is 5.56 Å². The molecule has 0 spiro atoms. The molecular formula is C16H17ClN2O2. The van der Waals surface area contributed by atoms with E-state index >= 15 is 0 Å². The maximum Gasteiger partial charge on any atom is 0.261 e. The molecule has 0 aliphatic carbocycles. The van der Waals surface area contributed by atoms with Gasteiger partial charge in [0.05, 0.1) is 0 Å². The molecule has 0 bridgehead atoms. The average molecular weight is 305 g/mol. The van der Waals surface area contributed by atoms with Crippen molar-refractivity contribution in [3.05, 3.63) is 57.3 Å². The number of aromatic nitrogens is 1. The second kappa shape index (κ2) is 7.09. The average Bonchev–Trinajstić information content (AvgIpc) is 2.48. The van der Waals surface area contributed by atoms with E-state index in [1.165, 1.54) is 0 Å². The Morgan fingerprint density at radius 1 is 1.19 bits per heavy atom. The van der Waals surface area contributed by atoms with E-state index in [2.05, 4.69) is 10.3 Å². The van der Waals surface area contributed by atoms with E-state index in [-0.39, 0.29) is 11.5 Å². The second-order valence-corrected chi connectivity index (χ2v) is 5.17. The van der Waals surface area contributed by atoms with Crippen LogP contribution in [0.5, 0.6) is 0 Å². The van der Waals surface area contributed by atoms with Crippen LogP contribution < -0.4 is 10.9 Å². The minimum Gasteiger partial charge on any atom is -0.352 e. The smallest absolute Gasteiger partial charge is 0.261 e. The van der Waals surface area contributed by atoms with Crippen molar-refractivity contribution in [3.8, 4) is 11.3 Å². The fourth-order valence-electron chi connectivity index (χ4n) is 1.92. The van der Waals surface area contributed by atoms with Gasteiger partial charge in [-0.3, -0.25) is 9.59 Å². The summed E-state index contributed by atoms with van der Waals surface area (Å²) in [6, 6.07) is 10.4. The number of aromatic amines is 1. The van der Waals surface area contributed by atoms with Crippen molar-refractivity contribution >= 4 is 17.5 Å². The Morgan fingerprint density at radius 2 is 1.90 bits per heavy atom. The number of halogens is 1. The SMILES string of the molecule is CCCCNC(=O)c1ccc(-c2ccc(Cl)cc2)[nH]c1=O. The number of amides is 1. The van der Waals surface area contributed by atoms with Crippen LogP contribution in [0.15, 0.2) is 41.2 Å². The Hall–Kier alpha value is -2.07. The summed E-state index contributed by atoms with van der Waals surface area (Å²) in [5.74, 6) is -0.340. The van der Waals surface area contributed by atoms with Crippen molar-refractivity contribution in [2.24, 2.45) is 0 Å². The van der Waals surface area contributed by atoms with Crippen LogP contribution in [0.25, 0.3) is 11.3 Å². The predicted molar refractivity (Wildman–Crippen MR) is 84.7 cm³/mol. The van der Waals surface area contributed by atoms with E-state index in [0.717, 1.165) is 18.4 Å². The van der Waals surface area contributed by atoms with Crippen LogP contribution in [0, 0.1) is 0 Å². The number of H-pyrrole nitrogens is 1. The molecule has 21 heavy (non-hydrogen) atoms. The van der Waals surface area contributed by atoms with E-state index < -0.39 is 5.56 Å². The molecule has 0 aliphatic rings. The topological polar surface area (TPSA) is 62.0 Å². The Bertz CT molecular complexity index is 677. The van der Waals surface area contributed by atoms with Crippen LogP contribution in [0.1, 0.15) is 30.1 Å². The van der Waals surface area contributed by atoms with Gasteiger partial charge in [0.25, 0.3) is 11.5 Å². The van der Waals surface area contributed by atoms with Gasteiger partial charge in [-0.1, -0.05) is 37.1 Å². The third-order valence-electron chi connectivity index (χ3n) is 3.13. The van der Waals surface area contributed by atoms with Crippen LogP contribution in [0.3, 0.4) is 0 Å². The molecule has 0 atom stereocenters. The molecule has 4 nitrogen and oxygen atoms in total. The van der Waals surface area contributed by atoms with Gasteiger partial charge in [0.15, 0.2) is 0 Å². The van der Waals surface area contributed by atoms with Crippen LogP contribution in [-0.2, 0) is 0 Å². The molecule has 1 aromatic heterocycles. The lowest BCUT2D eigenvalue weighted by molar-refractivity contribution is 0.0951. The van der Waals surface area contributed by atoms with Gasteiger partial charge in [-0.05, 0) is 36.2 Å². The molecule has 0 fully saturated rings. The van der Waals surface area contributed by atoms with Crippen molar-refractivity contribution in [1.82, 2.24) is 10.3 Å². The zero-order valence-corrected chi connectivity index (χ0v) is 12.5. The van der Waals surface area contributed by atoms with E-state index in [4.69, 9.17) is 11.6 Å². The molecule has 0 saturated heterocycles. The highest BCUT2D eigenvalue weighted by molar-refractivity contribution is 6.30. The highest BCUT2D eigenvalue weighted by Gasteiger charge is 2.10. The summed E-state index contributed by atoms with van der Waals surface area (Å²) < 4.78 is 0. The van der Waals surface area contributed by atoms with E-state index in [9.17, 15) is 9.59 Å². The molecule has 0 saturated carbocycles. The number of nitrogens with one attached hydrogen (secondary N) is 2. The Kier molecular flexibility index (Phi) is 5.17. The van der Waals surface area contributed by atoms with Gasteiger partial charge in [-0.2, -0.15) is 0 Å². The fraction of sp³-hybridized carbons (Fsp3) is 0.250. The van der Waals surface area contributed by atoms with Crippen molar-refractivity contribution in [3.63, 3.8) is 0 Å². The number of hydrogen-bond donors (Lipinski definition) is 2.